The predicted molar refractivity (Wildman–Crippen MR) is 157 cm³/mol. The molecule has 3 aliphatic rings. The van der Waals surface area contributed by atoms with Gasteiger partial charge in [-0.15, -0.1) is 6.58 Å². The van der Waals surface area contributed by atoms with Crippen molar-refractivity contribution in [3.05, 3.63) is 37.0 Å². The van der Waals surface area contributed by atoms with Gasteiger partial charge in [0.1, 0.15) is 0 Å². The molecular weight excluding hydrogens is 420 g/mol. The van der Waals surface area contributed by atoms with E-state index in [2.05, 4.69) is 31.7 Å². The molecule has 200 valence electrons. The van der Waals surface area contributed by atoms with Gasteiger partial charge in [-0.3, -0.25) is 0 Å². The van der Waals surface area contributed by atoms with E-state index in [9.17, 15) is 0 Å². The van der Waals surface area contributed by atoms with Crippen LogP contribution in [0.3, 0.4) is 0 Å². The van der Waals surface area contributed by atoms with Crippen molar-refractivity contribution in [1.82, 2.24) is 0 Å². The van der Waals surface area contributed by atoms with Crippen molar-refractivity contribution >= 4 is 0 Å². The largest absolute Gasteiger partial charge is 0.103 e. The minimum atomic E-state index is 0.771. The van der Waals surface area contributed by atoms with E-state index >= 15 is 0 Å². The number of rotatable bonds is 15. The van der Waals surface area contributed by atoms with Gasteiger partial charge in [-0.25, -0.2) is 0 Å². The second-order valence-electron chi connectivity index (χ2n) is 12.8. The molecule has 2 atom stereocenters. The summed E-state index contributed by atoms with van der Waals surface area (Å²) in [6.07, 6.45) is 38.8. The molecule has 0 aromatic carbocycles. The van der Waals surface area contributed by atoms with E-state index in [0.717, 1.165) is 35.5 Å². The monoisotopic (exact) mass is 480 g/mol. The van der Waals surface area contributed by atoms with Crippen LogP contribution in [0.5, 0.6) is 0 Å². The summed E-state index contributed by atoms with van der Waals surface area (Å²) in [4.78, 5) is 0. The average molecular weight is 481 g/mol. The zero-order chi connectivity index (χ0) is 24.7. The Morgan fingerprint density at radius 3 is 2.06 bits per heavy atom. The summed E-state index contributed by atoms with van der Waals surface area (Å²) in [6, 6.07) is 0. The summed E-state index contributed by atoms with van der Waals surface area (Å²) < 4.78 is 0. The van der Waals surface area contributed by atoms with Gasteiger partial charge in [0.25, 0.3) is 0 Å². The highest BCUT2D eigenvalue weighted by Gasteiger charge is 2.31. The third-order valence-electron chi connectivity index (χ3n) is 10.2. The van der Waals surface area contributed by atoms with Crippen molar-refractivity contribution in [2.45, 2.75) is 148 Å². The van der Waals surface area contributed by atoms with Crippen LogP contribution in [0.1, 0.15) is 148 Å². The molecule has 35 heavy (non-hydrogen) atoms. The summed E-state index contributed by atoms with van der Waals surface area (Å²) in [7, 11) is 0. The Hall–Kier alpha value is -0.780. The molecule has 3 aliphatic carbocycles. The highest BCUT2D eigenvalue weighted by Crippen LogP contribution is 2.44. The van der Waals surface area contributed by atoms with E-state index in [1.54, 1.807) is 5.57 Å². The third kappa shape index (κ3) is 10.2. The van der Waals surface area contributed by atoms with Crippen molar-refractivity contribution in [3.8, 4) is 0 Å². The highest BCUT2D eigenvalue weighted by atomic mass is 14.4. The molecule has 0 aromatic rings. The van der Waals surface area contributed by atoms with Crippen LogP contribution in [0.15, 0.2) is 37.0 Å². The molecule has 0 spiro atoms. The number of hydrogen-bond donors (Lipinski definition) is 0. The number of hydrogen-bond acceptors (Lipinski definition) is 0. The van der Waals surface area contributed by atoms with Crippen molar-refractivity contribution < 1.29 is 0 Å². The molecule has 0 aromatic heterocycles. The normalized spacial score (nSPS) is 32.0. The fourth-order valence-electron chi connectivity index (χ4n) is 7.68. The van der Waals surface area contributed by atoms with E-state index in [1.807, 2.05) is 0 Å². The molecule has 0 saturated heterocycles. The molecule has 0 amide bonds. The average Bonchev–Trinajstić information content (AvgIpc) is 2.91. The standard InChI is InChI=1S/C35H60/c1-4-6-7-8-9-10-11-16-32-25-27-33(28-26-32)29(3)35-20-15-14-19-34(35)18-13-12-17-31-23-21-30(5-2)22-24-31/h5,13,18,30-35H,2-4,6-12,14-17,19-28H2,1H3/b18-13+. The van der Waals surface area contributed by atoms with Gasteiger partial charge in [0, 0.05) is 0 Å². The lowest BCUT2D eigenvalue weighted by Gasteiger charge is -2.37. The highest BCUT2D eigenvalue weighted by molar-refractivity contribution is 5.13. The van der Waals surface area contributed by atoms with E-state index in [-0.39, 0.29) is 0 Å². The molecule has 3 fully saturated rings. The van der Waals surface area contributed by atoms with Crippen LogP contribution in [0.25, 0.3) is 0 Å². The first-order valence-electron chi connectivity index (χ1n) is 16.2. The van der Waals surface area contributed by atoms with Crippen molar-refractivity contribution in [2.24, 2.45) is 35.5 Å². The van der Waals surface area contributed by atoms with E-state index < -0.39 is 0 Å². The van der Waals surface area contributed by atoms with Crippen LogP contribution in [-0.2, 0) is 0 Å². The topological polar surface area (TPSA) is 0 Å². The molecule has 0 aliphatic heterocycles. The lowest BCUT2D eigenvalue weighted by atomic mass is 9.68. The summed E-state index contributed by atoms with van der Waals surface area (Å²) in [5.74, 6) is 5.14. The van der Waals surface area contributed by atoms with Crippen molar-refractivity contribution in [1.29, 1.82) is 0 Å². The summed E-state index contributed by atoms with van der Waals surface area (Å²) in [6.45, 7) is 11.1. The van der Waals surface area contributed by atoms with Crippen LogP contribution >= 0.6 is 0 Å². The molecule has 2 unspecified atom stereocenters. The first-order chi connectivity index (χ1) is 17.2. The van der Waals surface area contributed by atoms with Crippen LogP contribution < -0.4 is 0 Å². The quantitative estimate of drug-likeness (QED) is 0.161. The summed E-state index contributed by atoms with van der Waals surface area (Å²) in [5.41, 5.74) is 1.65. The Balaban J connectivity index is 1.33. The Kier molecular flexibility index (Phi) is 13.9. The second-order valence-corrected chi connectivity index (χ2v) is 12.8. The summed E-state index contributed by atoms with van der Waals surface area (Å²) in [5, 5.41) is 0. The Bertz CT molecular complexity index is 596. The third-order valence-corrected chi connectivity index (χ3v) is 10.2. The number of unbranched alkanes of at least 4 members (excludes halogenated alkanes) is 6. The molecule has 0 nitrogen and oxygen atoms in total. The minimum absolute atomic E-state index is 0.771. The maximum Gasteiger partial charge on any atom is -0.0140 e. The SMILES string of the molecule is C=CC1CCC(CC/C=C/C2CCCCC2C(=C)C2CCC(CCCCCCCCC)CC2)CC1. The zero-order valence-corrected chi connectivity index (χ0v) is 23.7. The van der Waals surface area contributed by atoms with Gasteiger partial charge < -0.3 is 0 Å². The lowest BCUT2D eigenvalue weighted by Crippen LogP contribution is -2.26. The van der Waals surface area contributed by atoms with Gasteiger partial charge in [-0.05, 0) is 113 Å². The van der Waals surface area contributed by atoms with E-state index in [1.165, 1.54) is 141 Å². The Morgan fingerprint density at radius 2 is 1.34 bits per heavy atom. The van der Waals surface area contributed by atoms with Gasteiger partial charge in [-0.2, -0.15) is 0 Å². The second kappa shape index (κ2) is 16.9. The summed E-state index contributed by atoms with van der Waals surface area (Å²) >= 11 is 0. The molecule has 0 bridgehead atoms. The molecule has 0 heteroatoms. The minimum Gasteiger partial charge on any atom is -0.103 e. The lowest BCUT2D eigenvalue weighted by molar-refractivity contribution is 0.242. The van der Waals surface area contributed by atoms with Gasteiger partial charge in [0.2, 0.25) is 0 Å². The zero-order valence-electron chi connectivity index (χ0n) is 23.7. The first-order valence-corrected chi connectivity index (χ1v) is 16.2. The van der Waals surface area contributed by atoms with Gasteiger partial charge in [0.15, 0.2) is 0 Å². The molecule has 3 rings (SSSR count). The van der Waals surface area contributed by atoms with Gasteiger partial charge in [-0.1, -0.05) is 102 Å². The van der Waals surface area contributed by atoms with Crippen LogP contribution in [0, 0.1) is 35.5 Å². The smallest absolute Gasteiger partial charge is 0.0140 e. The molecule has 3 saturated carbocycles. The maximum absolute atomic E-state index is 4.76. The maximum atomic E-state index is 4.76. The van der Waals surface area contributed by atoms with Gasteiger partial charge >= 0.3 is 0 Å². The first kappa shape index (κ1) is 28.8. The van der Waals surface area contributed by atoms with Crippen LogP contribution in [0.4, 0.5) is 0 Å². The Morgan fingerprint density at radius 1 is 0.714 bits per heavy atom. The Labute approximate surface area is 220 Å². The van der Waals surface area contributed by atoms with Crippen molar-refractivity contribution in [3.63, 3.8) is 0 Å². The number of allylic oxidation sites excluding steroid dienone is 4. The molecule has 0 radical (unpaired) electrons. The van der Waals surface area contributed by atoms with Crippen LogP contribution in [0.2, 0.25) is 0 Å². The van der Waals surface area contributed by atoms with Gasteiger partial charge in [0.05, 0.1) is 0 Å². The predicted octanol–water partition coefficient (Wildman–Crippen LogP) is 11.6. The molecule has 0 N–H and O–H groups in total. The molecular formula is C35H60. The fraction of sp³-hybridized carbons (Fsp3) is 0.829. The van der Waals surface area contributed by atoms with E-state index in [0.29, 0.717) is 0 Å². The van der Waals surface area contributed by atoms with Crippen LogP contribution in [-0.4, -0.2) is 0 Å². The molecule has 0 heterocycles. The van der Waals surface area contributed by atoms with E-state index in [4.69, 9.17) is 6.58 Å². The fourth-order valence-corrected chi connectivity index (χ4v) is 7.68. The van der Waals surface area contributed by atoms with Crippen molar-refractivity contribution in [2.75, 3.05) is 0 Å².